The zero-order chi connectivity index (χ0) is 50.5. The third kappa shape index (κ3) is 6.34. The molecule has 0 bridgehead atoms. The van der Waals surface area contributed by atoms with Crippen LogP contribution in [0.4, 0.5) is 17.1 Å². The maximum absolute atomic E-state index is 9.76. The SMILES string of the molecule is [2H]c1c([2H])c(N(c2ccc(-c3cccc4oc5ccccc5c34)cc2)c2c([2H])c([2H])c(-c3cccc4c3ccc3ccccc34)c([2H])c2[2H])c([2H])c([2H])c1-c1ccc(-c2cccc3c2ccc2ccccc23)cc1. The van der Waals surface area contributed by atoms with Crippen molar-refractivity contribution in [3.63, 3.8) is 0 Å². The molecular formula is C64H41NO. The Morgan fingerprint density at radius 1 is 0.273 bits per heavy atom. The number of hydrogen-bond donors (Lipinski definition) is 0. The Bertz CT molecular complexity index is 4410. The number of fused-ring (bicyclic) bond motifs is 9. The van der Waals surface area contributed by atoms with Gasteiger partial charge in [-0.15, -0.1) is 0 Å². The molecular weight excluding hydrogens is 799 g/mol. The highest BCUT2D eigenvalue weighted by atomic mass is 16.3. The largest absolute Gasteiger partial charge is 0.456 e. The summed E-state index contributed by atoms with van der Waals surface area (Å²) >= 11 is 0. The molecule has 308 valence electrons. The maximum Gasteiger partial charge on any atom is 0.136 e. The minimum Gasteiger partial charge on any atom is -0.456 e. The Kier molecular flexibility index (Phi) is 7.14. The van der Waals surface area contributed by atoms with Crippen LogP contribution in [-0.2, 0) is 0 Å². The van der Waals surface area contributed by atoms with Crippen molar-refractivity contribution in [2.24, 2.45) is 0 Å². The van der Waals surface area contributed by atoms with E-state index >= 15 is 0 Å². The molecule has 0 saturated heterocycles. The molecule has 0 radical (unpaired) electrons. The number of hydrogen-bond acceptors (Lipinski definition) is 2. The van der Waals surface area contributed by atoms with E-state index in [0.717, 1.165) is 87.3 Å². The van der Waals surface area contributed by atoms with Crippen LogP contribution in [0.2, 0.25) is 0 Å². The van der Waals surface area contributed by atoms with E-state index in [4.69, 9.17) is 4.42 Å². The van der Waals surface area contributed by atoms with Gasteiger partial charge in [-0.05, 0) is 136 Å². The highest BCUT2D eigenvalue weighted by molar-refractivity contribution is 6.14. The van der Waals surface area contributed by atoms with Gasteiger partial charge in [0.2, 0.25) is 0 Å². The summed E-state index contributed by atoms with van der Waals surface area (Å²) in [5.41, 5.74) is 6.22. The molecule has 13 rings (SSSR count). The Labute approximate surface area is 394 Å². The average Bonchev–Trinajstić information content (AvgIpc) is 3.83. The third-order valence-corrected chi connectivity index (χ3v) is 12.8. The van der Waals surface area contributed by atoms with Crippen LogP contribution >= 0.6 is 0 Å². The van der Waals surface area contributed by atoms with Crippen LogP contribution in [0.15, 0.2) is 253 Å². The summed E-state index contributed by atoms with van der Waals surface area (Å²) in [4.78, 5) is 1.36. The minimum atomic E-state index is -0.411. The second kappa shape index (κ2) is 15.5. The summed E-state index contributed by atoms with van der Waals surface area (Å²) in [6, 6.07) is 61.8. The van der Waals surface area contributed by atoms with E-state index in [-0.39, 0.29) is 46.7 Å². The first kappa shape index (κ1) is 30.4. The van der Waals surface area contributed by atoms with Crippen molar-refractivity contribution in [3.8, 4) is 44.5 Å². The molecule has 0 aliphatic heterocycles. The van der Waals surface area contributed by atoms with Crippen molar-refractivity contribution in [1.82, 2.24) is 0 Å². The van der Waals surface area contributed by atoms with Crippen molar-refractivity contribution in [2.75, 3.05) is 4.90 Å². The number of anilines is 3. The topological polar surface area (TPSA) is 16.4 Å². The monoisotopic (exact) mass is 847 g/mol. The fourth-order valence-corrected chi connectivity index (χ4v) is 9.66. The van der Waals surface area contributed by atoms with E-state index < -0.39 is 24.2 Å². The second-order valence-electron chi connectivity index (χ2n) is 16.6. The van der Waals surface area contributed by atoms with Gasteiger partial charge in [0.15, 0.2) is 0 Å². The molecule has 0 spiro atoms. The fraction of sp³-hybridized carbons (Fsp3) is 0. The van der Waals surface area contributed by atoms with Crippen LogP contribution in [0, 0.1) is 0 Å². The first-order chi connectivity index (χ1) is 36.1. The summed E-state index contributed by atoms with van der Waals surface area (Å²) in [6.45, 7) is 0. The fourth-order valence-electron chi connectivity index (χ4n) is 9.66. The van der Waals surface area contributed by atoms with Crippen molar-refractivity contribution in [3.05, 3.63) is 249 Å². The molecule has 12 aromatic carbocycles. The molecule has 1 heterocycles. The summed E-state index contributed by atoms with van der Waals surface area (Å²) in [6.07, 6.45) is 0. The molecule has 0 amide bonds. The Balaban J connectivity index is 0.976. The lowest BCUT2D eigenvalue weighted by Gasteiger charge is -2.26. The molecule has 0 aliphatic carbocycles. The van der Waals surface area contributed by atoms with Gasteiger partial charge in [0.25, 0.3) is 0 Å². The highest BCUT2D eigenvalue weighted by Gasteiger charge is 2.17. The summed E-state index contributed by atoms with van der Waals surface area (Å²) < 4.78 is 83.7. The van der Waals surface area contributed by atoms with Crippen LogP contribution in [0.3, 0.4) is 0 Å². The molecule has 0 saturated carbocycles. The normalized spacial score (nSPS) is 13.3. The van der Waals surface area contributed by atoms with Gasteiger partial charge in [0.05, 0.1) is 11.0 Å². The van der Waals surface area contributed by atoms with Crippen LogP contribution < -0.4 is 4.90 Å². The zero-order valence-corrected chi connectivity index (χ0v) is 35.4. The molecule has 0 N–H and O–H groups in total. The number of furan rings is 1. The van der Waals surface area contributed by atoms with Gasteiger partial charge < -0.3 is 9.32 Å². The molecule has 2 heteroatoms. The van der Waals surface area contributed by atoms with Gasteiger partial charge >= 0.3 is 0 Å². The summed E-state index contributed by atoms with van der Waals surface area (Å²) in [5.74, 6) is 0. The highest BCUT2D eigenvalue weighted by Crippen LogP contribution is 2.42. The van der Waals surface area contributed by atoms with Crippen LogP contribution in [0.1, 0.15) is 11.0 Å². The van der Waals surface area contributed by atoms with E-state index in [9.17, 15) is 11.0 Å². The zero-order valence-electron chi connectivity index (χ0n) is 43.4. The molecule has 0 unspecified atom stereocenters. The Hall–Kier alpha value is -8.72. The molecule has 0 aliphatic rings. The third-order valence-electron chi connectivity index (χ3n) is 12.8. The molecule has 0 fully saturated rings. The predicted octanol–water partition coefficient (Wildman–Crippen LogP) is 18.3. The van der Waals surface area contributed by atoms with Gasteiger partial charge in [0.1, 0.15) is 11.2 Å². The van der Waals surface area contributed by atoms with Gasteiger partial charge in [-0.3, -0.25) is 0 Å². The lowest BCUT2D eigenvalue weighted by molar-refractivity contribution is 0.669. The first-order valence-electron chi connectivity index (χ1n) is 26.0. The number of benzene rings is 12. The molecule has 0 atom stereocenters. The lowest BCUT2D eigenvalue weighted by atomic mass is 9.93. The van der Waals surface area contributed by atoms with Gasteiger partial charge in [0, 0.05) is 27.8 Å². The number of nitrogens with zero attached hydrogens (tertiary/aromatic N) is 1. The first-order valence-corrected chi connectivity index (χ1v) is 22.0. The molecule has 2 nitrogen and oxygen atoms in total. The standard InChI is InChI=1S/C64H41NO/c1-3-12-52-44(10-1)32-40-59-54(15-7-18-57(52)59)46-24-22-42(23-25-46)43-26-34-49(35-27-43)65(51-38-30-48(31-39-51)56-17-9-21-63-64(56)61-14-5-6-20-62(61)66-63)50-36-28-47(29-37-50)55-16-8-19-58-53-13-4-2-11-45(53)33-41-60(55)58/h1-41H/i26D,27D,28D,29D,34D,35D,36D,37D. The summed E-state index contributed by atoms with van der Waals surface area (Å²) in [7, 11) is 0. The van der Waals surface area contributed by atoms with E-state index in [1.54, 1.807) is 18.2 Å². The average molecular weight is 848 g/mol. The summed E-state index contributed by atoms with van der Waals surface area (Å²) in [5, 5.41) is 10.1. The van der Waals surface area contributed by atoms with Crippen LogP contribution in [0.5, 0.6) is 0 Å². The van der Waals surface area contributed by atoms with Gasteiger partial charge in [-0.2, -0.15) is 0 Å². The smallest absolute Gasteiger partial charge is 0.136 e. The molecule has 66 heavy (non-hydrogen) atoms. The lowest BCUT2D eigenvalue weighted by Crippen LogP contribution is -2.09. The predicted molar refractivity (Wildman–Crippen MR) is 280 cm³/mol. The van der Waals surface area contributed by atoms with Crippen molar-refractivity contribution < 1.29 is 15.4 Å². The van der Waals surface area contributed by atoms with Crippen molar-refractivity contribution in [2.45, 2.75) is 0 Å². The van der Waals surface area contributed by atoms with E-state index in [1.165, 1.54) is 4.90 Å². The van der Waals surface area contributed by atoms with Crippen LogP contribution in [0.25, 0.3) is 110 Å². The minimum absolute atomic E-state index is 0.0910. The van der Waals surface area contributed by atoms with Crippen LogP contribution in [-0.4, -0.2) is 0 Å². The molecule has 1 aromatic heterocycles. The van der Waals surface area contributed by atoms with Gasteiger partial charge in [-0.1, -0.05) is 200 Å². The number of rotatable bonds is 7. The maximum atomic E-state index is 9.76. The van der Waals surface area contributed by atoms with E-state index in [0.29, 0.717) is 16.8 Å². The van der Waals surface area contributed by atoms with E-state index in [2.05, 4.69) is 36.4 Å². The Morgan fingerprint density at radius 3 is 1.36 bits per heavy atom. The van der Waals surface area contributed by atoms with Gasteiger partial charge in [-0.25, -0.2) is 0 Å². The molecule has 13 aromatic rings. The second-order valence-corrected chi connectivity index (χ2v) is 16.6. The van der Waals surface area contributed by atoms with E-state index in [1.807, 2.05) is 146 Å². The van der Waals surface area contributed by atoms with Crippen molar-refractivity contribution >= 4 is 82.1 Å². The quantitative estimate of drug-likeness (QED) is 0.149. The van der Waals surface area contributed by atoms with Crippen molar-refractivity contribution in [1.29, 1.82) is 0 Å². The Morgan fingerprint density at radius 2 is 0.727 bits per heavy atom. The number of para-hydroxylation sites is 1.